The van der Waals surface area contributed by atoms with Gasteiger partial charge in [0.25, 0.3) is 5.91 Å². The van der Waals surface area contributed by atoms with E-state index in [-0.39, 0.29) is 6.54 Å². The number of anilines is 1. The lowest BCUT2D eigenvalue weighted by atomic mass is 10.0. The van der Waals surface area contributed by atoms with Crippen LogP contribution in [-0.4, -0.2) is 57.1 Å². The fraction of sp³-hybridized carbons (Fsp3) is 0.280. The molecule has 2 aromatic carbocycles. The molecule has 0 fully saturated rings. The SMILES string of the molecule is CCN(C[C@](O)(CNc1cc(C)cc2c1cnn2-c1ccccc1)C(F)(F)F)C(=O)c1ccsc1. The lowest BCUT2D eigenvalue weighted by Gasteiger charge is -2.35. The highest BCUT2D eigenvalue weighted by Crippen LogP contribution is 2.34. The molecule has 0 aliphatic rings. The molecule has 1 amide bonds. The van der Waals surface area contributed by atoms with Gasteiger partial charge < -0.3 is 15.3 Å². The minimum absolute atomic E-state index is 0.0195. The van der Waals surface area contributed by atoms with Crippen molar-refractivity contribution < 1.29 is 23.1 Å². The molecule has 0 saturated carbocycles. The summed E-state index contributed by atoms with van der Waals surface area (Å²) < 4.78 is 44.0. The Morgan fingerprint density at radius 2 is 1.94 bits per heavy atom. The molecule has 0 saturated heterocycles. The number of hydrogen-bond acceptors (Lipinski definition) is 5. The molecule has 6 nitrogen and oxygen atoms in total. The summed E-state index contributed by atoms with van der Waals surface area (Å²) in [6.45, 7) is 1.70. The van der Waals surface area contributed by atoms with Crippen LogP contribution in [0.5, 0.6) is 0 Å². The van der Waals surface area contributed by atoms with E-state index >= 15 is 0 Å². The summed E-state index contributed by atoms with van der Waals surface area (Å²) in [5.41, 5.74) is -0.107. The van der Waals surface area contributed by atoms with Gasteiger partial charge in [0, 0.05) is 23.0 Å². The van der Waals surface area contributed by atoms with E-state index in [4.69, 9.17) is 0 Å². The van der Waals surface area contributed by atoms with Crippen molar-refractivity contribution in [1.29, 1.82) is 0 Å². The van der Waals surface area contributed by atoms with Gasteiger partial charge in [-0.05, 0) is 55.1 Å². The van der Waals surface area contributed by atoms with Gasteiger partial charge in [-0.25, -0.2) is 4.68 Å². The normalized spacial score (nSPS) is 13.5. The molecule has 0 spiro atoms. The van der Waals surface area contributed by atoms with Gasteiger partial charge in [-0.15, -0.1) is 0 Å². The predicted octanol–water partition coefficient (Wildman–Crippen LogP) is 5.26. The number of fused-ring (bicyclic) bond motifs is 1. The minimum Gasteiger partial charge on any atom is -0.381 e. The molecule has 4 aromatic rings. The Labute approximate surface area is 204 Å². The van der Waals surface area contributed by atoms with Crippen LogP contribution in [0.4, 0.5) is 18.9 Å². The number of halogens is 3. The van der Waals surface area contributed by atoms with Crippen LogP contribution in [0.25, 0.3) is 16.6 Å². The second-order valence-electron chi connectivity index (χ2n) is 8.35. The van der Waals surface area contributed by atoms with E-state index in [2.05, 4.69) is 10.4 Å². The van der Waals surface area contributed by atoms with Gasteiger partial charge in [0.05, 0.1) is 36.1 Å². The summed E-state index contributed by atoms with van der Waals surface area (Å²) in [5, 5.41) is 21.8. The summed E-state index contributed by atoms with van der Waals surface area (Å²) in [6.07, 6.45) is -3.39. The average Bonchev–Trinajstić information content (AvgIpc) is 3.51. The maximum atomic E-state index is 14.1. The summed E-state index contributed by atoms with van der Waals surface area (Å²) >= 11 is 1.28. The Morgan fingerprint density at radius 3 is 2.57 bits per heavy atom. The largest absolute Gasteiger partial charge is 0.420 e. The maximum absolute atomic E-state index is 14.1. The van der Waals surface area contributed by atoms with Crippen molar-refractivity contribution in [3.63, 3.8) is 0 Å². The fourth-order valence-electron chi connectivity index (χ4n) is 3.89. The number of para-hydroxylation sites is 1. The first-order valence-corrected chi connectivity index (χ1v) is 12.0. The molecule has 1 atom stereocenters. The van der Waals surface area contributed by atoms with Crippen LogP contribution in [0.2, 0.25) is 0 Å². The molecule has 0 aliphatic heterocycles. The zero-order valence-electron chi connectivity index (χ0n) is 19.2. The highest BCUT2D eigenvalue weighted by Gasteiger charge is 2.55. The van der Waals surface area contributed by atoms with Gasteiger partial charge in [0.1, 0.15) is 0 Å². The number of aryl methyl sites for hydroxylation is 1. The first-order chi connectivity index (χ1) is 16.6. The average molecular weight is 503 g/mol. The summed E-state index contributed by atoms with van der Waals surface area (Å²) in [4.78, 5) is 13.7. The van der Waals surface area contributed by atoms with Crippen LogP contribution in [0.15, 0.2) is 65.5 Å². The topological polar surface area (TPSA) is 70.4 Å². The van der Waals surface area contributed by atoms with Crippen molar-refractivity contribution >= 4 is 33.8 Å². The third-order valence-electron chi connectivity index (χ3n) is 5.82. The molecule has 0 bridgehead atoms. The molecule has 0 radical (unpaired) electrons. The van der Waals surface area contributed by atoms with E-state index in [9.17, 15) is 23.1 Å². The number of carbonyl (C=O) groups is 1. The van der Waals surface area contributed by atoms with Crippen molar-refractivity contribution in [1.82, 2.24) is 14.7 Å². The molecular formula is C25H25F3N4O2S. The Balaban J connectivity index is 1.63. The Bertz CT molecular complexity index is 1310. The number of aromatic nitrogens is 2. The van der Waals surface area contributed by atoms with E-state index in [1.165, 1.54) is 11.3 Å². The number of carbonyl (C=O) groups excluding carboxylic acids is 1. The monoisotopic (exact) mass is 502 g/mol. The summed E-state index contributed by atoms with van der Waals surface area (Å²) in [5.74, 6) is -0.557. The molecule has 0 unspecified atom stereocenters. The molecule has 184 valence electrons. The Morgan fingerprint density at radius 1 is 1.20 bits per heavy atom. The molecular weight excluding hydrogens is 477 g/mol. The van der Waals surface area contributed by atoms with E-state index in [0.29, 0.717) is 16.6 Å². The number of thiophene rings is 1. The molecule has 2 N–H and O–H groups in total. The number of alkyl halides is 3. The number of nitrogens with zero attached hydrogens (tertiary/aromatic N) is 3. The third kappa shape index (κ3) is 5.03. The second kappa shape index (κ2) is 9.71. The van der Waals surface area contributed by atoms with Gasteiger partial charge in [-0.1, -0.05) is 18.2 Å². The lowest BCUT2D eigenvalue weighted by Crippen LogP contribution is -2.58. The van der Waals surface area contributed by atoms with Crippen LogP contribution in [0.3, 0.4) is 0 Å². The fourth-order valence-corrected chi connectivity index (χ4v) is 4.52. The zero-order chi connectivity index (χ0) is 25.2. The molecule has 2 heterocycles. The van der Waals surface area contributed by atoms with Crippen molar-refractivity contribution in [2.24, 2.45) is 0 Å². The molecule has 4 rings (SSSR count). The highest BCUT2D eigenvalue weighted by atomic mass is 32.1. The van der Waals surface area contributed by atoms with Crippen LogP contribution in [0.1, 0.15) is 22.8 Å². The third-order valence-corrected chi connectivity index (χ3v) is 6.51. The first-order valence-electron chi connectivity index (χ1n) is 11.0. The highest BCUT2D eigenvalue weighted by molar-refractivity contribution is 7.08. The number of hydrogen-bond donors (Lipinski definition) is 2. The van der Waals surface area contributed by atoms with Crippen molar-refractivity contribution in [3.05, 3.63) is 76.6 Å². The quantitative estimate of drug-likeness (QED) is 0.345. The van der Waals surface area contributed by atoms with Crippen molar-refractivity contribution in [3.8, 4) is 5.69 Å². The van der Waals surface area contributed by atoms with Crippen LogP contribution in [-0.2, 0) is 0 Å². The zero-order valence-corrected chi connectivity index (χ0v) is 20.0. The van der Waals surface area contributed by atoms with Gasteiger partial charge in [-0.2, -0.15) is 29.6 Å². The minimum atomic E-state index is -4.97. The number of benzene rings is 2. The molecule has 0 aliphatic carbocycles. The van der Waals surface area contributed by atoms with Gasteiger partial charge in [0.2, 0.25) is 0 Å². The number of rotatable bonds is 8. The molecule has 35 heavy (non-hydrogen) atoms. The van der Waals surface area contributed by atoms with Crippen molar-refractivity contribution in [2.75, 3.05) is 25.0 Å². The first kappa shape index (κ1) is 24.7. The number of likely N-dealkylation sites (N-methyl/N-ethyl adjacent to an activating group) is 1. The number of nitrogens with one attached hydrogen (secondary N) is 1. The van der Waals surface area contributed by atoms with Gasteiger partial charge in [0.15, 0.2) is 5.60 Å². The second-order valence-corrected chi connectivity index (χ2v) is 9.13. The van der Waals surface area contributed by atoms with E-state index in [0.717, 1.165) is 21.7 Å². The maximum Gasteiger partial charge on any atom is 0.420 e. The Hall–Kier alpha value is -3.37. The lowest BCUT2D eigenvalue weighted by molar-refractivity contribution is -0.257. The molecule has 2 aromatic heterocycles. The standard InChI is InChI=1S/C25H25F3N4O2S/c1-3-31(23(33)18-9-10-35-14-18)16-24(34,25(26,27)28)15-29-21-11-17(2)12-22-20(21)13-30-32(22)19-7-5-4-6-8-19/h4-14,29,34H,3,15-16H2,1-2H3/t24-/m1/s1. The van der Waals surface area contributed by atoms with E-state index in [1.54, 1.807) is 40.7 Å². The Kier molecular flexibility index (Phi) is 6.86. The molecule has 10 heteroatoms. The van der Waals surface area contributed by atoms with Crippen LogP contribution in [0, 0.1) is 6.92 Å². The summed E-state index contributed by atoms with van der Waals surface area (Å²) in [7, 11) is 0. The van der Waals surface area contributed by atoms with Crippen molar-refractivity contribution in [2.45, 2.75) is 25.6 Å². The smallest absolute Gasteiger partial charge is 0.381 e. The van der Waals surface area contributed by atoms with E-state index in [1.807, 2.05) is 43.3 Å². The predicted molar refractivity (Wildman–Crippen MR) is 131 cm³/mol. The number of aliphatic hydroxyl groups is 1. The van der Waals surface area contributed by atoms with Crippen LogP contribution < -0.4 is 5.32 Å². The summed E-state index contributed by atoms with van der Waals surface area (Å²) in [6, 6.07) is 14.6. The van der Waals surface area contributed by atoms with Gasteiger partial charge in [-0.3, -0.25) is 4.79 Å². The van der Waals surface area contributed by atoms with Crippen LogP contribution >= 0.6 is 11.3 Å². The van der Waals surface area contributed by atoms with E-state index < -0.39 is 30.8 Å². The number of amides is 1. The van der Waals surface area contributed by atoms with Gasteiger partial charge >= 0.3 is 6.18 Å².